The lowest BCUT2D eigenvalue weighted by Gasteiger charge is -2.06. The predicted molar refractivity (Wildman–Crippen MR) is 83.1 cm³/mol. The third kappa shape index (κ3) is 2.36. The summed E-state index contributed by atoms with van der Waals surface area (Å²) in [7, 11) is 3.22. The standard InChI is InChI=1S/C17H15NO3/c1-20-12-5-3-11(4-6-12)15-10-18-16-9-13(21-2)7-8-14(16)17(15)19/h3-10H,1-2H3,(H,18,19). The van der Waals surface area contributed by atoms with Crippen molar-refractivity contribution in [3.05, 3.63) is 58.9 Å². The molecule has 0 atom stereocenters. The Balaban J connectivity index is 2.15. The summed E-state index contributed by atoms with van der Waals surface area (Å²) in [5.74, 6) is 1.48. The normalized spacial score (nSPS) is 10.6. The fourth-order valence-electron chi connectivity index (χ4n) is 2.31. The first-order valence-corrected chi connectivity index (χ1v) is 6.57. The van der Waals surface area contributed by atoms with Gasteiger partial charge in [0, 0.05) is 23.2 Å². The summed E-state index contributed by atoms with van der Waals surface area (Å²) in [6, 6.07) is 12.8. The lowest BCUT2D eigenvalue weighted by molar-refractivity contribution is 0.415. The fraction of sp³-hybridized carbons (Fsp3) is 0.118. The van der Waals surface area contributed by atoms with Crippen LogP contribution in [0.2, 0.25) is 0 Å². The second-order valence-corrected chi connectivity index (χ2v) is 4.67. The van der Waals surface area contributed by atoms with Gasteiger partial charge in [-0.3, -0.25) is 4.79 Å². The van der Waals surface area contributed by atoms with E-state index in [0.717, 1.165) is 22.6 Å². The van der Waals surface area contributed by atoms with E-state index in [0.29, 0.717) is 10.9 Å². The Morgan fingerprint density at radius 3 is 2.24 bits per heavy atom. The van der Waals surface area contributed by atoms with Gasteiger partial charge in [-0.15, -0.1) is 0 Å². The molecule has 3 aromatic rings. The highest BCUT2D eigenvalue weighted by Crippen LogP contribution is 2.22. The van der Waals surface area contributed by atoms with E-state index in [1.807, 2.05) is 30.3 Å². The highest BCUT2D eigenvalue weighted by Gasteiger charge is 2.08. The van der Waals surface area contributed by atoms with Crippen LogP contribution in [-0.2, 0) is 0 Å². The van der Waals surface area contributed by atoms with Crippen molar-refractivity contribution in [1.82, 2.24) is 4.98 Å². The average Bonchev–Trinajstić information content (AvgIpc) is 2.55. The Morgan fingerprint density at radius 1 is 0.905 bits per heavy atom. The molecule has 0 fully saturated rings. The number of fused-ring (bicyclic) bond motifs is 1. The van der Waals surface area contributed by atoms with Gasteiger partial charge in [-0.1, -0.05) is 12.1 Å². The minimum Gasteiger partial charge on any atom is -0.497 e. The Labute approximate surface area is 122 Å². The molecular weight excluding hydrogens is 266 g/mol. The van der Waals surface area contributed by atoms with Crippen LogP contribution in [0.1, 0.15) is 0 Å². The van der Waals surface area contributed by atoms with E-state index in [2.05, 4.69) is 4.98 Å². The summed E-state index contributed by atoms with van der Waals surface area (Å²) in [5, 5.41) is 0.643. The van der Waals surface area contributed by atoms with Gasteiger partial charge in [0.25, 0.3) is 0 Å². The van der Waals surface area contributed by atoms with E-state index < -0.39 is 0 Å². The summed E-state index contributed by atoms with van der Waals surface area (Å²) < 4.78 is 10.3. The Morgan fingerprint density at radius 2 is 1.57 bits per heavy atom. The number of aromatic amines is 1. The van der Waals surface area contributed by atoms with Gasteiger partial charge in [0.15, 0.2) is 5.43 Å². The van der Waals surface area contributed by atoms with Gasteiger partial charge < -0.3 is 14.5 Å². The minimum atomic E-state index is -0.00318. The zero-order chi connectivity index (χ0) is 14.8. The molecule has 0 aliphatic carbocycles. The van der Waals surface area contributed by atoms with E-state index in [-0.39, 0.29) is 5.43 Å². The van der Waals surface area contributed by atoms with Gasteiger partial charge in [-0.25, -0.2) is 0 Å². The van der Waals surface area contributed by atoms with E-state index >= 15 is 0 Å². The van der Waals surface area contributed by atoms with E-state index in [1.165, 1.54) is 0 Å². The van der Waals surface area contributed by atoms with Crippen LogP contribution in [0.5, 0.6) is 11.5 Å². The summed E-state index contributed by atoms with van der Waals surface area (Å²) in [4.78, 5) is 15.7. The molecule has 0 aliphatic rings. The van der Waals surface area contributed by atoms with Gasteiger partial charge in [-0.05, 0) is 29.8 Å². The topological polar surface area (TPSA) is 51.3 Å². The van der Waals surface area contributed by atoms with Crippen LogP contribution in [0.3, 0.4) is 0 Å². The van der Waals surface area contributed by atoms with E-state index in [9.17, 15) is 4.79 Å². The van der Waals surface area contributed by atoms with Gasteiger partial charge >= 0.3 is 0 Å². The van der Waals surface area contributed by atoms with Crippen molar-refractivity contribution in [2.45, 2.75) is 0 Å². The van der Waals surface area contributed by atoms with Crippen LogP contribution >= 0.6 is 0 Å². The SMILES string of the molecule is COc1ccc(-c2c[nH]c3cc(OC)ccc3c2=O)cc1. The molecule has 0 unspecified atom stereocenters. The average molecular weight is 281 g/mol. The molecule has 0 saturated heterocycles. The Kier molecular flexibility index (Phi) is 3.36. The second kappa shape index (κ2) is 5.32. The van der Waals surface area contributed by atoms with Crippen molar-refractivity contribution in [2.24, 2.45) is 0 Å². The molecule has 21 heavy (non-hydrogen) atoms. The minimum absolute atomic E-state index is 0.00318. The smallest absolute Gasteiger partial charge is 0.197 e. The summed E-state index contributed by atoms with van der Waals surface area (Å²) in [5.41, 5.74) is 2.25. The number of nitrogens with one attached hydrogen (secondary N) is 1. The first-order valence-electron chi connectivity index (χ1n) is 6.57. The van der Waals surface area contributed by atoms with Crippen LogP contribution in [0.15, 0.2) is 53.5 Å². The lowest BCUT2D eigenvalue weighted by Crippen LogP contribution is -2.06. The number of aromatic nitrogens is 1. The fourth-order valence-corrected chi connectivity index (χ4v) is 2.31. The van der Waals surface area contributed by atoms with Gasteiger partial charge in [-0.2, -0.15) is 0 Å². The molecule has 1 N–H and O–H groups in total. The molecule has 0 saturated carbocycles. The molecule has 0 bridgehead atoms. The predicted octanol–water partition coefficient (Wildman–Crippen LogP) is 3.21. The summed E-state index contributed by atoms with van der Waals surface area (Å²) in [6.07, 6.45) is 1.73. The number of benzene rings is 2. The van der Waals surface area contributed by atoms with Gasteiger partial charge in [0.2, 0.25) is 0 Å². The molecule has 0 radical (unpaired) electrons. The first-order chi connectivity index (χ1) is 10.2. The summed E-state index contributed by atoms with van der Waals surface area (Å²) >= 11 is 0. The molecule has 1 aromatic heterocycles. The van der Waals surface area contributed by atoms with Crippen LogP contribution in [-0.4, -0.2) is 19.2 Å². The second-order valence-electron chi connectivity index (χ2n) is 4.67. The van der Waals surface area contributed by atoms with Gasteiger partial charge in [0.05, 0.1) is 19.7 Å². The maximum absolute atomic E-state index is 12.6. The number of ether oxygens (including phenoxy) is 2. The quantitative estimate of drug-likeness (QED) is 0.802. The molecule has 2 aromatic carbocycles. The number of hydrogen-bond acceptors (Lipinski definition) is 3. The maximum atomic E-state index is 12.6. The molecular formula is C17H15NO3. The molecule has 0 spiro atoms. The zero-order valence-corrected chi connectivity index (χ0v) is 11.8. The molecule has 4 heteroatoms. The number of pyridine rings is 1. The Bertz CT molecular complexity index is 835. The largest absolute Gasteiger partial charge is 0.497 e. The number of methoxy groups -OCH3 is 2. The first kappa shape index (κ1) is 13.2. The molecule has 3 rings (SSSR count). The zero-order valence-electron chi connectivity index (χ0n) is 11.8. The van der Waals surface area contributed by atoms with Crippen molar-refractivity contribution >= 4 is 10.9 Å². The van der Waals surface area contributed by atoms with Crippen molar-refractivity contribution in [2.75, 3.05) is 14.2 Å². The van der Waals surface area contributed by atoms with Crippen LogP contribution in [0, 0.1) is 0 Å². The van der Waals surface area contributed by atoms with Crippen molar-refractivity contribution in [1.29, 1.82) is 0 Å². The monoisotopic (exact) mass is 281 g/mol. The third-order valence-corrected chi connectivity index (χ3v) is 3.49. The van der Waals surface area contributed by atoms with Crippen LogP contribution in [0.25, 0.3) is 22.0 Å². The molecule has 0 aliphatic heterocycles. The number of rotatable bonds is 3. The molecule has 4 nitrogen and oxygen atoms in total. The molecule has 0 amide bonds. The van der Waals surface area contributed by atoms with Crippen molar-refractivity contribution in [3.8, 4) is 22.6 Å². The highest BCUT2D eigenvalue weighted by atomic mass is 16.5. The van der Waals surface area contributed by atoms with Crippen molar-refractivity contribution in [3.63, 3.8) is 0 Å². The van der Waals surface area contributed by atoms with E-state index in [4.69, 9.17) is 9.47 Å². The maximum Gasteiger partial charge on any atom is 0.197 e. The van der Waals surface area contributed by atoms with E-state index in [1.54, 1.807) is 32.5 Å². The summed E-state index contributed by atoms with van der Waals surface area (Å²) in [6.45, 7) is 0. The Hall–Kier alpha value is -2.75. The molecule has 1 heterocycles. The van der Waals surface area contributed by atoms with Crippen LogP contribution < -0.4 is 14.9 Å². The number of H-pyrrole nitrogens is 1. The van der Waals surface area contributed by atoms with Crippen LogP contribution in [0.4, 0.5) is 0 Å². The third-order valence-electron chi connectivity index (χ3n) is 3.49. The lowest BCUT2D eigenvalue weighted by atomic mass is 10.0. The number of hydrogen-bond donors (Lipinski definition) is 1. The highest BCUT2D eigenvalue weighted by molar-refractivity contribution is 5.84. The molecule has 106 valence electrons. The van der Waals surface area contributed by atoms with Gasteiger partial charge in [0.1, 0.15) is 11.5 Å². The van der Waals surface area contributed by atoms with Crippen molar-refractivity contribution < 1.29 is 9.47 Å².